The van der Waals surface area contributed by atoms with Crippen LogP contribution in [-0.2, 0) is 4.79 Å². The fourth-order valence-electron chi connectivity index (χ4n) is 4.90. The lowest BCUT2D eigenvalue weighted by atomic mass is 9.96. The van der Waals surface area contributed by atoms with Crippen LogP contribution < -0.4 is 5.32 Å². The number of imidazole rings is 1. The molecule has 8 heteroatoms. The molecule has 4 heterocycles. The monoisotopic (exact) mass is 448 g/mol. The number of rotatable bonds is 4. The number of nitrogens with one attached hydrogen (secondary N) is 2. The van der Waals surface area contributed by atoms with Crippen molar-refractivity contribution in [2.24, 2.45) is 5.92 Å². The minimum Gasteiger partial charge on any atom is -0.346 e. The van der Waals surface area contributed by atoms with Crippen LogP contribution in [0.3, 0.4) is 0 Å². The second-order valence-electron chi connectivity index (χ2n) is 9.34. The number of carbonyl (C=O) groups excluding carboxylic acids is 1. The Bertz CT molecular complexity index is 1350. The number of carbonyl (C=O) groups is 1. The third kappa shape index (κ3) is 3.88. The Balaban J connectivity index is 1.51. The number of pyridine rings is 1. The largest absolute Gasteiger partial charge is 0.346 e. The highest BCUT2D eigenvalue weighted by Gasteiger charge is 2.24. The molecule has 2 N–H and O–H groups in total. The summed E-state index contributed by atoms with van der Waals surface area (Å²) in [4.78, 5) is 27.1. The van der Waals surface area contributed by atoms with Gasteiger partial charge in [0.1, 0.15) is 17.0 Å². The molecule has 0 bridgehead atoms. The summed E-state index contributed by atoms with van der Waals surface area (Å²) in [5.74, 6) is 0.485. The molecule has 1 aromatic carbocycles. The molecule has 0 atom stereocenters. The fourth-order valence-corrected chi connectivity index (χ4v) is 4.90. The van der Waals surface area contributed by atoms with Gasteiger partial charge in [-0.25, -0.2) is 14.4 Å². The number of anilines is 1. The van der Waals surface area contributed by atoms with Crippen LogP contribution >= 0.6 is 0 Å². The molecule has 5 rings (SSSR count). The topological polar surface area (TPSA) is 78.8 Å². The maximum Gasteiger partial charge on any atom is 0.227 e. The number of nitrogens with zero attached hydrogens (tertiary/aromatic N) is 4. The Morgan fingerprint density at radius 3 is 2.73 bits per heavy atom. The zero-order valence-corrected chi connectivity index (χ0v) is 19.4. The molecule has 0 radical (unpaired) electrons. The third-order valence-electron chi connectivity index (χ3n) is 6.64. The lowest BCUT2D eigenvalue weighted by Crippen LogP contribution is -2.35. The van der Waals surface area contributed by atoms with E-state index in [0.29, 0.717) is 16.9 Å². The smallest absolute Gasteiger partial charge is 0.227 e. The Labute approximate surface area is 192 Å². The van der Waals surface area contributed by atoms with Crippen LogP contribution in [0, 0.1) is 18.7 Å². The van der Waals surface area contributed by atoms with Crippen molar-refractivity contribution in [1.29, 1.82) is 0 Å². The van der Waals surface area contributed by atoms with Crippen LogP contribution in [0.25, 0.3) is 33.2 Å². The number of hydrogen-bond donors (Lipinski definition) is 2. The summed E-state index contributed by atoms with van der Waals surface area (Å²) in [7, 11) is 2.08. The SMILES string of the molecule is Cc1nc2c(F)cc(-c3c[nH]c4ncc(NC(=O)C5CCN(C)CC5)cc34)cc2n1C(C)C. The molecular weight excluding hydrogens is 419 g/mol. The number of amides is 1. The number of hydrogen-bond acceptors (Lipinski definition) is 4. The number of likely N-dealkylation sites (tertiary alicyclic amines) is 1. The molecule has 33 heavy (non-hydrogen) atoms. The summed E-state index contributed by atoms with van der Waals surface area (Å²) in [5, 5.41) is 3.87. The molecule has 0 saturated carbocycles. The Hall–Kier alpha value is -3.26. The summed E-state index contributed by atoms with van der Waals surface area (Å²) in [5.41, 5.74) is 4.07. The van der Waals surface area contributed by atoms with Gasteiger partial charge >= 0.3 is 0 Å². The van der Waals surface area contributed by atoms with E-state index in [0.717, 1.165) is 53.8 Å². The second kappa shape index (κ2) is 8.26. The number of aryl methyl sites for hydroxylation is 1. The summed E-state index contributed by atoms with van der Waals surface area (Å²) in [6, 6.07) is 5.57. The molecule has 1 amide bonds. The Morgan fingerprint density at radius 2 is 2.00 bits per heavy atom. The van der Waals surface area contributed by atoms with E-state index in [1.54, 1.807) is 6.20 Å². The zero-order valence-electron chi connectivity index (χ0n) is 19.4. The molecule has 7 nitrogen and oxygen atoms in total. The van der Waals surface area contributed by atoms with Crippen molar-refractivity contribution in [3.63, 3.8) is 0 Å². The standard InChI is InChI=1S/C25H29FN6O/c1-14(2)32-15(3)29-23-21(26)9-17(10-22(23)32)20-13-28-24-19(20)11-18(12-27-24)30-25(33)16-5-7-31(4)8-6-16/h9-14,16H,5-8H2,1-4H3,(H,27,28)(H,30,33). The summed E-state index contributed by atoms with van der Waals surface area (Å²) in [6.07, 6.45) is 5.21. The van der Waals surface area contributed by atoms with E-state index in [9.17, 15) is 4.79 Å². The third-order valence-corrected chi connectivity index (χ3v) is 6.64. The summed E-state index contributed by atoms with van der Waals surface area (Å²) >= 11 is 0. The lowest BCUT2D eigenvalue weighted by Gasteiger charge is -2.28. The van der Waals surface area contributed by atoms with E-state index in [1.165, 1.54) is 6.07 Å². The van der Waals surface area contributed by atoms with Gasteiger partial charge in [-0.15, -0.1) is 0 Å². The van der Waals surface area contributed by atoms with E-state index < -0.39 is 0 Å². The highest BCUT2D eigenvalue weighted by atomic mass is 19.1. The maximum atomic E-state index is 15.0. The van der Waals surface area contributed by atoms with Gasteiger partial charge in [0.25, 0.3) is 0 Å². The molecule has 172 valence electrons. The molecule has 0 spiro atoms. The first-order valence-corrected chi connectivity index (χ1v) is 11.5. The lowest BCUT2D eigenvalue weighted by molar-refractivity contribution is -0.121. The van der Waals surface area contributed by atoms with Crippen LogP contribution in [0.15, 0.2) is 30.6 Å². The van der Waals surface area contributed by atoms with Gasteiger partial charge in [-0.1, -0.05) is 0 Å². The number of fused-ring (bicyclic) bond motifs is 2. The van der Waals surface area contributed by atoms with Crippen molar-refractivity contribution in [1.82, 2.24) is 24.4 Å². The number of piperidine rings is 1. The number of aromatic amines is 1. The van der Waals surface area contributed by atoms with Gasteiger partial charge in [0, 0.05) is 29.1 Å². The van der Waals surface area contributed by atoms with Crippen molar-refractivity contribution in [2.75, 3.05) is 25.5 Å². The zero-order chi connectivity index (χ0) is 23.3. The highest BCUT2D eigenvalue weighted by Crippen LogP contribution is 2.34. The van der Waals surface area contributed by atoms with Crippen LogP contribution in [0.4, 0.5) is 10.1 Å². The van der Waals surface area contributed by atoms with Crippen molar-refractivity contribution in [3.05, 3.63) is 42.2 Å². The number of H-pyrrole nitrogens is 1. The predicted octanol–water partition coefficient (Wildman–Crippen LogP) is 4.89. The van der Waals surface area contributed by atoms with E-state index in [-0.39, 0.29) is 23.7 Å². The Morgan fingerprint density at radius 1 is 1.24 bits per heavy atom. The van der Waals surface area contributed by atoms with Gasteiger partial charge in [-0.3, -0.25) is 4.79 Å². The van der Waals surface area contributed by atoms with Crippen molar-refractivity contribution in [3.8, 4) is 11.1 Å². The maximum absolute atomic E-state index is 15.0. The van der Waals surface area contributed by atoms with Crippen LogP contribution in [0.2, 0.25) is 0 Å². The first-order valence-electron chi connectivity index (χ1n) is 11.5. The van der Waals surface area contributed by atoms with Crippen molar-refractivity contribution >= 4 is 33.7 Å². The average molecular weight is 449 g/mol. The van der Waals surface area contributed by atoms with E-state index in [1.807, 2.05) is 29.8 Å². The van der Waals surface area contributed by atoms with Crippen LogP contribution in [0.5, 0.6) is 0 Å². The van der Waals surface area contributed by atoms with Gasteiger partial charge in [-0.2, -0.15) is 0 Å². The molecule has 1 fully saturated rings. The van der Waals surface area contributed by atoms with Gasteiger partial charge in [0.05, 0.1) is 17.4 Å². The minimum absolute atomic E-state index is 0.0126. The van der Waals surface area contributed by atoms with Gasteiger partial charge < -0.3 is 19.8 Å². The van der Waals surface area contributed by atoms with Crippen molar-refractivity contribution in [2.45, 2.75) is 39.7 Å². The van der Waals surface area contributed by atoms with Crippen molar-refractivity contribution < 1.29 is 9.18 Å². The summed E-state index contributed by atoms with van der Waals surface area (Å²) in [6.45, 7) is 7.88. The first-order chi connectivity index (χ1) is 15.8. The molecular formula is C25H29FN6O. The quantitative estimate of drug-likeness (QED) is 0.466. The molecule has 1 aliphatic rings. The minimum atomic E-state index is -0.348. The molecule has 0 aliphatic carbocycles. The Kier molecular flexibility index (Phi) is 5.40. The predicted molar refractivity (Wildman–Crippen MR) is 129 cm³/mol. The highest BCUT2D eigenvalue weighted by molar-refractivity contribution is 6.00. The first kappa shape index (κ1) is 21.6. The van der Waals surface area contributed by atoms with Gasteiger partial charge in [0.2, 0.25) is 5.91 Å². The summed E-state index contributed by atoms with van der Waals surface area (Å²) < 4.78 is 17.1. The van der Waals surface area contributed by atoms with Gasteiger partial charge in [-0.05, 0) is 77.5 Å². The van der Waals surface area contributed by atoms with E-state index in [4.69, 9.17) is 0 Å². The van der Waals surface area contributed by atoms with E-state index >= 15 is 4.39 Å². The molecule has 0 unspecified atom stereocenters. The fraction of sp³-hybridized carbons (Fsp3) is 0.400. The molecule has 4 aromatic rings. The molecule has 3 aromatic heterocycles. The number of aromatic nitrogens is 4. The second-order valence-corrected chi connectivity index (χ2v) is 9.34. The van der Waals surface area contributed by atoms with Crippen LogP contribution in [0.1, 0.15) is 38.6 Å². The van der Waals surface area contributed by atoms with Crippen LogP contribution in [-0.4, -0.2) is 50.5 Å². The number of halogens is 1. The van der Waals surface area contributed by atoms with Gasteiger partial charge in [0.15, 0.2) is 5.82 Å². The molecule has 1 saturated heterocycles. The number of benzene rings is 1. The van der Waals surface area contributed by atoms with E-state index in [2.05, 4.69) is 46.1 Å². The molecule has 1 aliphatic heterocycles. The normalized spacial score (nSPS) is 15.7. The average Bonchev–Trinajstić information content (AvgIpc) is 3.34.